The monoisotopic (exact) mass is 328 g/mol. The smallest absolute Gasteiger partial charge is 0.339 e. The first-order chi connectivity index (χ1) is 9.16. The van der Waals surface area contributed by atoms with Crippen molar-refractivity contribution in [3.63, 3.8) is 0 Å². The van der Waals surface area contributed by atoms with Crippen LogP contribution in [0.4, 0.5) is 0 Å². The fourth-order valence-electron chi connectivity index (χ4n) is 2.19. The van der Waals surface area contributed by atoms with E-state index < -0.39 is 0 Å². The Kier molecular flexibility index (Phi) is 5.36. The second-order valence-electron chi connectivity index (χ2n) is 4.76. The van der Waals surface area contributed by atoms with Crippen molar-refractivity contribution >= 4 is 21.9 Å². The third kappa shape index (κ3) is 4.30. The summed E-state index contributed by atoms with van der Waals surface area (Å²) >= 11 is 3.36. The SMILES string of the molecule is C[C@@H](C[NH+]1CCOCC1)OC(=O)c1ccccc1Br. The van der Waals surface area contributed by atoms with E-state index in [1.807, 2.05) is 25.1 Å². The summed E-state index contributed by atoms with van der Waals surface area (Å²) in [6, 6.07) is 7.32. The van der Waals surface area contributed by atoms with Gasteiger partial charge in [-0.05, 0) is 35.0 Å². The number of esters is 1. The van der Waals surface area contributed by atoms with E-state index in [9.17, 15) is 4.79 Å². The van der Waals surface area contributed by atoms with Crippen LogP contribution in [-0.2, 0) is 9.47 Å². The molecule has 0 radical (unpaired) electrons. The van der Waals surface area contributed by atoms with E-state index in [0.29, 0.717) is 5.56 Å². The molecule has 0 spiro atoms. The number of ether oxygens (including phenoxy) is 2. The van der Waals surface area contributed by atoms with Crippen LogP contribution in [0.3, 0.4) is 0 Å². The molecule has 2 rings (SSSR count). The Labute approximate surface area is 121 Å². The van der Waals surface area contributed by atoms with E-state index in [1.165, 1.54) is 4.90 Å². The number of morpholine rings is 1. The van der Waals surface area contributed by atoms with Gasteiger partial charge in [-0.15, -0.1) is 0 Å². The van der Waals surface area contributed by atoms with Crippen LogP contribution in [0.5, 0.6) is 0 Å². The summed E-state index contributed by atoms with van der Waals surface area (Å²) in [5, 5.41) is 0. The van der Waals surface area contributed by atoms with Crippen LogP contribution in [0.15, 0.2) is 28.7 Å². The van der Waals surface area contributed by atoms with Gasteiger partial charge in [0, 0.05) is 4.47 Å². The third-order valence-electron chi connectivity index (χ3n) is 3.18. The average molecular weight is 329 g/mol. The minimum absolute atomic E-state index is 0.0901. The Morgan fingerprint density at radius 3 is 2.79 bits per heavy atom. The molecule has 1 fully saturated rings. The lowest BCUT2D eigenvalue weighted by atomic mass is 10.2. The molecule has 5 heteroatoms. The number of hydrogen-bond acceptors (Lipinski definition) is 3. The number of quaternary nitrogens is 1. The van der Waals surface area contributed by atoms with Gasteiger partial charge in [0.25, 0.3) is 0 Å². The van der Waals surface area contributed by atoms with Gasteiger partial charge in [-0.1, -0.05) is 12.1 Å². The lowest BCUT2D eigenvalue weighted by Gasteiger charge is -2.26. The summed E-state index contributed by atoms with van der Waals surface area (Å²) in [7, 11) is 0. The molecule has 1 heterocycles. The normalized spacial score (nSPS) is 18.0. The van der Waals surface area contributed by atoms with Gasteiger partial charge >= 0.3 is 5.97 Å². The molecule has 1 saturated heterocycles. The van der Waals surface area contributed by atoms with Crippen molar-refractivity contribution in [1.29, 1.82) is 0 Å². The molecular formula is C14H19BrNO3+. The van der Waals surface area contributed by atoms with Crippen LogP contribution in [0.25, 0.3) is 0 Å². The predicted octanol–water partition coefficient (Wildman–Crippen LogP) is 0.910. The molecule has 0 aromatic heterocycles. The molecule has 1 N–H and O–H groups in total. The van der Waals surface area contributed by atoms with Crippen LogP contribution in [0.1, 0.15) is 17.3 Å². The minimum atomic E-state index is -0.271. The van der Waals surface area contributed by atoms with Crippen LogP contribution >= 0.6 is 15.9 Å². The second kappa shape index (κ2) is 7.03. The molecule has 1 atom stereocenters. The van der Waals surface area contributed by atoms with Crippen molar-refractivity contribution in [2.75, 3.05) is 32.8 Å². The van der Waals surface area contributed by atoms with E-state index in [-0.39, 0.29) is 12.1 Å². The van der Waals surface area contributed by atoms with Crippen molar-refractivity contribution in [2.45, 2.75) is 13.0 Å². The fraction of sp³-hybridized carbons (Fsp3) is 0.500. The standard InChI is InChI=1S/C14H18BrNO3/c1-11(10-16-6-8-18-9-7-16)19-14(17)12-4-2-3-5-13(12)15/h2-5,11H,6-10H2,1H3/p+1/t11-/m0/s1. The summed E-state index contributed by atoms with van der Waals surface area (Å²) in [4.78, 5) is 13.5. The topological polar surface area (TPSA) is 40.0 Å². The number of rotatable bonds is 4. The van der Waals surface area contributed by atoms with E-state index >= 15 is 0 Å². The van der Waals surface area contributed by atoms with Crippen LogP contribution in [0.2, 0.25) is 0 Å². The summed E-state index contributed by atoms with van der Waals surface area (Å²) in [6.45, 7) is 6.32. The zero-order valence-electron chi connectivity index (χ0n) is 11.0. The lowest BCUT2D eigenvalue weighted by molar-refractivity contribution is -0.910. The largest absolute Gasteiger partial charge is 0.453 e. The van der Waals surface area contributed by atoms with Crippen molar-refractivity contribution in [2.24, 2.45) is 0 Å². The van der Waals surface area contributed by atoms with E-state index in [0.717, 1.165) is 37.3 Å². The first-order valence-electron chi connectivity index (χ1n) is 6.53. The van der Waals surface area contributed by atoms with Gasteiger partial charge < -0.3 is 14.4 Å². The number of halogens is 1. The number of carbonyl (C=O) groups is 1. The average Bonchev–Trinajstić information content (AvgIpc) is 2.40. The van der Waals surface area contributed by atoms with Crippen molar-refractivity contribution in [1.82, 2.24) is 0 Å². The Morgan fingerprint density at radius 2 is 2.11 bits per heavy atom. The molecule has 0 amide bonds. The highest BCUT2D eigenvalue weighted by Crippen LogP contribution is 2.17. The molecule has 104 valence electrons. The summed E-state index contributed by atoms with van der Waals surface area (Å²) in [6.07, 6.45) is -0.0901. The zero-order valence-corrected chi connectivity index (χ0v) is 12.6. The van der Waals surface area contributed by atoms with E-state index in [1.54, 1.807) is 6.07 Å². The highest BCUT2D eigenvalue weighted by atomic mass is 79.9. The molecule has 0 saturated carbocycles. The molecule has 1 aromatic carbocycles. The number of carbonyl (C=O) groups excluding carboxylic acids is 1. The molecule has 0 unspecified atom stereocenters. The molecule has 4 nitrogen and oxygen atoms in total. The maximum absolute atomic E-state index is 12.0. The fourth-order valence-corrected chi connectivity index (χ4v) is 2.63. The van der Waals surface area contributed by atoms with Crippen molar-refractivity contribution in [3.05, 3.63) is 34.3 Å². The first-order valence-corrected chi connectivity index (χ1v) is 7.33. The predicted molar refractivity (Wildman–Crippen MR) is 75.4 cm³/mol. The Hall–Kier alpha value is -0.910. The van der Waals surface area contributed by atoms with Gasteiger partial charge in [0.2, 0.25) is 0 Å². The third-order valence-corrected chi connectivity index (χ3v) is 3.87. The van der Waals surface area contributed by atoms with Crippen LogP contribution in [-0.4, -0.2) is 44.9 Å². The van der Waals surface area contributed by atoms with Gasteiger partial charge in [0.1, 0.15) is 25.7 Å². The Morgan fingerprint density at radius 1 is 1.42 bits per heavy atom. The second-order valence-corrected chi connectivity index (χ2v) is 5.62. The first kappa shape index (κ1) is 14.5. The summed E-state index contributed by atoms with van der Waals surface area (Å²) in [5.74, 6) is -0.271. The molecular weight excluding hydrogens is 310 g/mol. The molecule has 1 aromatic rings. The molecule has 1 aliphatic heterocycles. The highest BCUT2D eigenvalue weighted by Gasteiger charge is 2.20. The maximum atomic E-state index is 12.0. The number of benzene rings is 1. The quantitative estimate of drug-likeness (QED) is 0.835. The van der Waals surface area contributed by atoms with Crippen molar-refractivity contribution in [3.8, 4) is 0 Å². The lowest BCUT2D eigenvalue weighted by Crippen LogP contribution is -3.15. The van der Waals surface area contributed by atoms with Gasteiger partial charge in [-0.3, -0.25) is 0 Å². The summed E-state index contributed by atoms with van der Waals surface area (Å²) in [5.41, 5.74) is 0.575. The molecule has 19 heavy (non-hydrogen) atoms. The van der Waals surface area contributed by atoms with Crippen LogP contribution < -0.4 is 4.90 Å². The number of hydrogen-bond donors (Lipinski definition) is 1. The van der Waals surface area contributed by atoms with Gasteiger partial charge in [0.15, 0.2) is 0 Å². The van der Waals surface area contributed by atoms with Crippen molar-refractivity contribution < 1.29 is 19.2 Å². The molecule has 1 aliphatic rings. The Balaban J connectivity index is 1.86. The van der Waals surface area contributed by atoms with Gasteiger partial charge in [0.05, 0.1) is 18.8 Å². The molecule has 0 bridgehead atoms. The molecule has 0 aliphatic carbocycles. The van der Waals surface area contributed by atoms with Gasteiger partial charge in [-0.2, -0.15) is 0 Å². The highest BCUT2D eigenvalue weighted by molar-refractivity contribution is 9.10. The van der Waals surface area contributed by atoms with Gasteiger partial charge in [-0.25, -0.2) is 4.79 Å². The minimum Gasteiger partial charge on any atom is -0.453 e. The zero-order chi connectivity index (χ0) is 13.7. The number of nitrogens with one attached hydrogen (secondary N) is 1. The van der Waals surface area contributed by atoms with Crippen LogP contribution in [0, 0.1) is 0 Å². The maximum Gasteiger partial charge on any atom is 0.339 e. The van der Waals surface area contributed by atoms with E-state index in [4.69, 9.17) is 9.47 Å². The Bertz CT molecular complexity index is 432. The summed E-state index contributed by atoms with van der Waals surface area (Å²) < 4.78 is 11.6. The van der Waals surface area contributed by atoms with E-state index in [2.05, 4.69) is 15.9 Å².